The molecule has 13 heavy (non-hydrogen) atoms. The van der Waals surface area contributed by atoms with Gasteiger partial charge in [-0.3, -0.25) is 0 Å². The van der Waals surface area contributed by atoms with Gasteiger partial charge in [0.2, 0.25) is 0 Å². The maximum Gasteiger partial charge on any atom is 0.160 e. The summed E-state index contributed by atoms with van der Waals surface area (Å²) in [5, 5.41) is 0. The van der Waals surface area contributed by atoms with Gasteiger partial charge in [0.05, 0.1) is 0 Å². The average molecular weight is 177 g/mol. The molecule has 4 heteroatoms. The number of alkyl halides is 1. The van der Waals surface area contributed by atoms with Crippen LogP contribution in [0.1, 0.15) is 18.4 Å². The van der Waals surface area contributed by atoms with Gasteiger partial charge in [-0.25, -0.2) is 14.4 Å². The highest BCUT2D eigenvalue weighted by Crippen LogP contribution is 2.30. The Morgan fingerprint density at radius 1 is 1.54 bits per heavy atom. The Kier molecular flexibility index (Phi) is 1.23. The van der Waals surface area contributed by atoms with E-state index in [1.54, 1.807) is 6.20 Å². The van der Waals surface area contributed by atoms with E-state index in [1.807, 2.05) is 16.7 Å². The van der Waals surface area contributed by atoms with Crippen LogP contribution in [0.5, 0.6) is 0 Å². The van der Waals surface area contributed by atoms with Crippen LogP contribution in [-0.4, -0.2) is 14.5 Å². The molecule has 0 saturated carbocycles. The Balaban J connectivity index is 2.38. The van der Waals surface area contributed by atoms with Crippen molar-refractivity contribution in [2.75, 3.05) is 0 Å². The van der Waals surface area contributed by atoms with Crippen molar-refractivity contribution in [3.8, 4) is 0 Å². The highest BCUT2D eigenvalue weighted by molar-refractivity contribution is 5.71. The molecule has 0 saturated heterocycles. The Bertz CT molecular complexity index is 463. The lowest BCUT2D eigenvalue weighted by molar-refractivity contribution is 0.338. The molecule has 2 aromatic heterocycles. The second kappa shape index (κ2) is 2.28. The molecular weight excluding hydrogens is 169 g/mol. The van der Waals surface area contributed by atoms with Crippen molar-refractivity contribution in [1.82, 2.24) is 14.5 Å². The fourth-order valence-electron chi connectivity index (χ4n) is 1.81. The van der Waals surface area contributed by atoms with Gasteiger partial charge in [0.25, 0.3) is 0 Å². The first-order chi connectivity index (χ1) is 6.36. The van der Waals surface area contributed by atoms with Crippen LogP contribution in [0.2, 0.25) is 0 Å². The summed E-state index contributed by atoms with van der Waals surface area (Å²) >= 11 is 0. The molecule has 3 heterocycles. The first kappa shape index (κ1) is 7.00. The smallest absolute Gasteiger partial charge is 0.160 e. The van der Waals surface area contributed by atoms with Gasteiger partial charge in [-0.2, -0.15) is 0 Å². The van der Waals surface area contributed by atoms with Crippen LogP contribution in [0.3, 0.4) is 0 Å². The zero-order chi connectivity index (χ0) is 8.84. The quantitative estimate of drug-likeness (QED) is 0.614. The van der Waals surface area contributed by atoms with Crippen molar-refractivity contribution in [3.63, 3.8) is 0 Å². The van der Waals surface area contributed by atoms with Gasteiger partial charge < -0.3 is 4.57 Å². The van der Waals surface area contributed by atoms with E-state index < -0.39 is 6.17 Å². The highest BCUT2D eigenvalue weighted by atomic mass is 19.1. The predicted octanol–water partition coefficient (Wildman–Crippen LogP) is 1.85. The van der Waals surface area contributed by atoms with Crippen LogP contribution < -0.4 is 0 Å². The standard InChI is InChI=1S/C9H8FN3/c10-6-3-5-13-8(6)12-7-2-1-4-11-9(7)13/h1-2,4,6H,3,5H2. The molecule has 1 atom stereocenters. The number of fused-ring (bicyclic) bond motifs is 3. The van der Waals surface area contributed by atoms with E-state index in [4.69, 9.17) is 0 Å². The van der Waals surface area contributed by atoms with Crippen molar-refractivity contribution in [2.24, 2.45) is 0 Å². The molecule has 1 unspecified atom stereocenters. The van der Waals surface area contributed by atoms with E-state index in [-0.39, 0.29) is 0 Å². The van der Waals surface area contributed by atoms with Gasteiger partial charge in [-0.15, -0.1) is 0 Å². The molecule has 0 fully saturated rings. The molecule has 0 N–H and O–H groups in total. The van der Waals surface area contributed by atoms with E-state index >= 15 is 0 Å². The van der Waals surface area contributed by atoms with Crippen molar-refractivity contribution in [2.45, 2.75) is 19.1 Å². The lowest BCUT2D eigenvalue weighted by Gasteiger charge is -1.94. The Morgan fingerprint density at radius 2 is 2.46 bits per heavy atom. The molecule has 66 valence electrons. The molecule has 3 nitrogen and oxygen atoms in total. The first-order valence-electron chi connectivity index (χ1n) is 4.31. The van der Waals surface area contributed by atoms with Gasteiger partial charge in [0, 0.05) is 19.2 Å². The molecule has 2 aromatic rings. The lowest BCUT2D eigenvalue weighted by Crippen LogP contribution is -1.93. The highest BCUT2D eigenvalue weighted by Gasteiger charge is 2.26. The monoisotopic (exact) mass is 177 g/mol. The van der Waals surface area contributed by atoms with Gasteiger partial charge in [0.1, 0.15) is 11.3 Å². The van der Waals surface area contributed by atoms with E-state index in [2.05, 4.69) is 9.97 Å². The molecule has 1 aliphatic rings. The number of halogens is 1. The molecule has 0 amide bonds. The Labute approximate surface area is 74.2 Å². The molecule has 0 spiro atoms. The molecular formula is C9H8FN3. The molecule has 0 radical (unpaired) electrons. The number of nitrogens with zero attached hydrogens (tertiary/aromatic N) is 3. The van der Waals surface area contributed by atoms with Crippen molar-refractivity contribution in [3.05, 3.63) is 24.2 Å². The summed E-state index contributed by atoms with van der Waals surface area (Å²) in [5.41, 5.74) is 1.59. The van der Waals surface area contributed by atoms with Crippen LogP contribution in [0.15, 0.2) is 18.3 Å². The van der Waals surface area contributed by atoms with Gasteiger partial charge in [-0.05, 0) is 12.1 Å². The average Bonchev–Trinajstić information content (AvgIpc) is 2.67. The fourth-order valence-corrected chi connectivity index (χ4v) is 1.81. The van der Waals surface area contributed by atoms with Crippen molar-refractivity contribution < 1.29 is 4.39 Å². The second-order valence-electron chi connectivity index (χ2n) is 3.22. The van der Waals surface area contributed by atoms with Gasteiger partial charge >= 0.3 is 0 Å². The number of aryl methyl sites for hydroxylation is 1. The van der Waals surface area contributed by atoms with Crippen LogP contribution >= 0.6 is 0 Å². The molecule has 0 bridgehead atoms. The summed E-state index contributed by atoms with van der Waals surface area (Å²) in [5.74, 6) is 0.536. The maximum atomic E-state index is 13.2. The Morgan fingerprint density at radius 3 is 3.38 bits per heavy atom. The van der Waals surface area contributed by atoms with Crippen molar-refractivity contribution in [1.29, 1.82) is 0 Å². The minimum absolute atomic E-state index is 0.536. The minimum atomic E-state index is -0.908. The van der Waals surface area contributed by atoms with E-state index in [1.165, 1.54) is 0 Å². The molecule has 3 rings (SSSR count). The number of rotatable bonds is 0. The number of imidazole rings is 1. The van der Waals surface area contributed by atoms with Crippen molar-refractivity contribution >= 4 is 11.2 Å². The summed E-state index contributed by atoms with van der Waals surface area (Å²) in [6.45, 7) is 0.698. The largest absolute Gasteiger partial charge is 0.310 e. The lowest BCUT2D eigenvalue weighted by atomic mass is 10.3. The van der Waals surface area contributed by atoms with Crippen LogP contribution in [0, 0.1) is 0 Å². The maximum absolute atomic E-state index is 13.2. The third kappa shape index (κ3) is 0.826. The van der Waals surface area contributed by atoms with Crippen LogP contribution in [0.25, 0.3) is 11.2 Å². The third-order valence-electron chi connectivity index (χ3n) is 2.42. The first-order valence-corrected chi connectivity index (χ1v) is 4.31. The van der Waals surface area contributed by atoms with E-state index in [0.717, 1.165) is 11.2 Å². The Hall–Kier alpha value is -1.45. The van der Waals surface area contributed by atoms with Crippen LogP contribution in [0.4, 0.5) is 4.39 Å². The summed E-state index contributed by atoms with van der Waals surface area (Å²) in [6, 6.07) is 3.68. The normalized spacial score (nSPS) is 20.8. The topological polar surface area (TPSA) is 30.7 Å². The number of pyridine rings is 1. The summed E-state index contributed by atoms with van der Waals surface area (Å²) in [6.07, 6.45) is 1.34. The zero-order valence-corrected chi connectivity index (χ0v) is 6.94. The SMILES string of the molecule is FC1CCn2c1nc1cccnc12. The zero-order valence-electron chi connectivity index (χ0n) is 6.94. The van der Waals surface area contributed by atoms with Crippen LogP contribution in [-0.2, 0) is 6.54 Å². The number of hydrogen-bond donors (Lipinski definition) is 0. The number of hydrogen-bond acceptors (Lipinski definition) is 2. The predicted molar refractivity (Wildman–Crippen MR) is 46.0 cm³/mol. The third-order valence-corrected chi connectivity index (χ3v) is 2.42. The molecule has 0 aliphatic carbocycles. The summed E-state index contributed by atoms with van der Waals surface area (Å²) in [4.78, 5) is 8.38. The van der Waals surface area contributed by atoms with Gasteiger partial charge in [0.15, 0.2) is 11.8 Å². The molecule has 1 aliphatic heterocycles. The number of aromatic nitrogens is 3. The second-order valence-corrected chi connectivity index (χ2v) is 3.22. The van der Waals surface area contributed by atoms with E-state index in [0.29, 0.717) is 18.8 Å². The summed E-state index contributed by atoms with van der Waals surface area (Å²) in [7, 11) is 0. The summed E-state index contributed by atoms with van der Waals surface area (Å²) < 4.78 is 15.1. The van der Waals surface area contributed by atoms with E-state index in [9.17, 15) is 4.39 Å². The molecule has 0 aromatic carbocycles. The van der Waals surface area contributed by atoms with Gasteiger partial charge in [-0.1, -0.05) is 0 Å². The fraction of sp³-hybridized carbons (Fsp3) is 0.333. The minimum Gasteiger partial charge on any atom is -0.310 e.